The minimum absolute atomic E-state index is 0.440. The number of hydrogen-bond acceptors (Lipinski definition) is 5. The Morgan fingerprint density at radius 1 is 1.53 bits per heavy atom. The third-order valence-electron chi connectivity index (χ3n) is 2.35. The van der Waals surface area contributed by atoms with E-state index < -0.39 is 12.0 Å². The van der Waals surface area contributed by atoms with Gasteiger partial charge in [-0.2, -0.15) is 0 Å². The lowest BCUT2D eigenvalue weighted by Gasteiger charge is -2.20. The van der Waals surface area contributed by atoms with E-state index in [4.69, 9.17) is 10.8 Å². The molecule has 0 radical (unpaired) electrons. The summed E-state index contributed by atoms with van der Waals surface area (Å²) in [6.45, 7) is 6.09. The van der Waals surface area contributed by atoms with Crippen LogP contribution in [0.3, 0.4) is 0 Å². The topological polar surface area (TPSA) is 79.5 Å². The highest BCUT2D eigenvalue weighted by molar-refractivity contribution is 7.13. The van der Waals surface area contributed by atoms with Crippen LogP contribution in [-0.4, -0.2) is 29.1 Å². The van der Waals surface area contributed by atoms with E-state index in [2.05, 4.69) is 23.7 Å². The molecule has 1 unspecified atom stereocenters. The van der Waals surface area contributed by atoms with Crippen LogP contribution < -0.4 is 10.6 Å². The van der Waals surface area contributed by atoms with Crippen molar-refractivity contribution < 1.29 is 9.90 Å². The van der Waals surface area contributed by atoms with Gasteiger partial charge in [-0.3, -0.25) is 4.79 Å². The Balaban J connectivity index is 2.80. The van der Waals surface area contributed by atoms with E-state index in [1.807, 2.05) is 0 Å². The van der Waals surface area contributed by atoms with Crippen molar-refractivity contribution in [2.45, 2.75) is 32.7 Å². The Bertz CT molecular complexity index is 361. The van der Waals surface area contributed by atoms with E-state index >= 15 is 0 Å². The molecule has 96 valence electrons. The smallest absolute Gasteiger partial charge is 0.326 e. The van der Waals surface area contributed by atoms with Crippen LogP contribution in [0.5, 0.6) is 0 Å². The Morgan fingerprint density at radius 2 is 2.12 bits per heavy atom. The van der Waals surface area contributed by atoms with Crippen molar-refractivity contribution in [1.29, 1.82) is 0 Å². The third kappa shape index (κ3) is 3.67. The molecule has 17 heavy (non-hydrogen) atoms. The number of nitrogens with two attached hydrogens (primary N) is 1. The van der Waals surface area contributed by atoms with E-state index in [1.165, 1.54) is 11.3 Å². The zero-order valence-corrected chi connectivity index (χ0v) is 11.0. The first kappa shape index (κ1) is 13.9. The molecule has 0 saturated carbocycles. The van der Waals surface area contributed by atoms with Crippen LogP contribution in [0.15, 0.2) is 5.38 Å². The number of rotatable bonds is 7. The molecule has 0 fully saturated rings. The Labute approximate surface area is 105 Å². The molecule has 1 rings (SSSR count). The predicted molar refractivity (Wildman–Crippen MR) is 69.5 cm³/mol. The molecule has 3 N–H and O–H groups in total. The quantitative estimate of drug-likeness (QED) is 0.779. The first-order valence-electron chi connectivity index (χ1n) is 5.78. The van der Waals surface area contributed by atoms with Gasteiger partial charge in [-0.1, -0.05) is 13.8 Å². The van der Waals surface area contributed by atoms with E-state index in [0.29, 0.717) is 5.69 Å². The number of anilines is 1. The predicted octanol–water partition coefficient (Wildman–Crippen LogP) is 1.85. The molecular weight excluding hydrogens is 238 g/mol. The average Bonchev–Trinajstić information content (AvgIpc) is 2.76. The summed E-state index contributed by atoms with van der Waals surface area (Å²) >= 11 is 1.45. The summed E-state index contributed by atoms with van der Waals surface area (Å²) in [5.41, 5.74) is 5.96. The first-order valence-corrected chi connectivity index (χ1v) is 6.66. The van der Waals surface area contributed by atoms with Gasteiger partial charge < -0.3 is 15.7 Å². The highest BCUT2D eigenvalue weighted by Gasteiger charge is 2.19. The van der Waals surface area contributed by atoms with Gasteiger partial charge in [0, 0.05) is 18.5 Å². The lowest BCUT2D eigenvalue weighted by atomic mass is 10.2. The Hall–Kier alpha value is -1.14. The molecule has 6 heteroatoms. The fourth-order valence-corrected chi connectivity index (χ4v) is 2.45. The number of hydrogen-bond donors (Lipinski definition) is 2. The molecule has 0 aliphatic rings. The van der Waals surface area contributed by atoms with Crippen LogP contribution in [0, 0.1) is 0 Å². The molecule has 1 aromatic rings. The van der Waals surface area contributed by atoms with Gasteiger partial charge in [0.1, 0.15) is 6.04 Å². The Morgan fingerprint density at radius 3 is 2.59 bits per heavy atom. The zero-order chi connectivity index (χ0) is 12.8. The lowest BCUT2D eigenvalue weighted by molar-refractivity contribution is -0.138. The monoisotopic (exact) mass is 257 g/mol. The molecule has 0 aromatic carbocycles. The molecule has 0 aliphatic heterocycles. The molecular formula is C11H19N3O2S. The summed E-state index contributed by atoms with van der Waals surface area (Å²) in [4.78, 5) is 17.2. The van der Waals surface area contributed by atoms with Crippen molar-refractivity contribution in [3.63, 3.8) is 0 Å². The summed E-state index contributed by atoms with van der Waals surface area (Å²) in [7, 11) is 0. The maximum atomic E-state index is 10.8. The maximum absolute atomic E-state index is 10.8. The minimum Gasteiger partial charge on any atom is -0.480 e. The number of carboxylic acids is 1. The number of carbonyl (C=O) groups is 1. The molecule has 0 saturated heterocycles. The molecule has 0 bridgehead atoms. The van der Waals surface area contributed by atoms with Gasteiger partial charge >= 0.3 is 5.97 Å². The van der Waals surface area contributed by atoms with Crippen LogP contribution >= 0.6 is 11.3 Å². The molecule has 0 amide bonds. The first-order chi connectivity index (χ1) is 8.10. The van der Waals surface area contributed by atoms with Gasteiger partial charge in [-0.15, -0.1) is 11.3 Å². The van der Waals surface area contributed by atoms with Crippen LogP contribution in [0.1, 0.15) is 38.4 Å². The van der Waals surface area contributed by atoms with Gasteiger partial charge in [-0.05, 0) is 12.8 Å². The van der Waals surface area contributed by atoms with E-state index in [-0.39, 0.29) is 0 Å². The lowest BCUT2D eigenvalue weighted by Crippen LogP contribution is -2.25. The van der Waals surface area contributed by atoms with Gasteiger partial charge in [0.05, 0.1) is 5.69 Å². The van der Waals surface area contributed by atoms with Crippen molar-refractivity contribution >= 4 is 22.4 Å². The van der Waals surface area contributed by atoms with Crippen LogP contribution in [-0.2, 0) is 4.79 Å². The summed E-state index contributed by atoms with van der Waals surface area (Å²) in [5.74, 6) is -1.04. The second-order valence-electron chi connectivity index (χ2n) is 3.86. The Kier molecular flexibility index (Phi) is 5.37. The van der Waals surface area contributed by atoms with Crippen molar-refractivity contribution in [1.82, 2.24) is 4.98 Å². The highest BCUT2D eigenvalue weighted by Crippen LogP contribution is 2.23. The van der Waals surface area contributed by atoms with E-state index in [0.717, 1.165) is 31.1 Å². The number of aromatic nitrogens is 1. The number of carboxylic acid groups (broad SMARTS) is 1. The fourth-order valence-electron chi connectivity index (χ4n) is 1.53. The molecule has 1 aromatic heterocycles. The normalized spacial score (nSPS) is 12.4. The van der Waals surface area contributed by atoms with Crippen LogP contribution in [0.4, 0.5) is 5.13 Å². The maximum Gasteiger partial charge on any atom is 0.326 e. The van der Waals surface area contributed by atoms with Gasteiger partial charge in [0.25, 0.3) is 0 Å². The van der Waals surface area contributed by atoms with Crippen LogP contribution in [0.25, 0.3) is 0 Å². The molecule has 0 spiro atoms. The van der Waals surface area contributed by atoms with Crippen molar-refractivity contribution in [3.8, 4) is 0 Å². The third-order valence-corrected chi connectivity index (χ3v) is 3.27. The largest absolute Gasteiger partial charge is 0.480 e. The van der Waals surface area contributed by atoms with Gasteiger partial charge in [-0.25, -0.2) is 4.98 Å². The molecule has 1 heterocycles. The van der Waals surface area contributed by atoms with Gasteiger partial charge in [0.2, 0.25) is 0 Å². The minimum atomic E-state index is -1.04. The van der Waals surface area contributed by atoms with Crippen molar-refractivity contribution in [2.24, 2.45) is 5.73 Å². The summed E-state index contributed by atoms with van der Waals surface area (Å²) in [6, 6.07) is -1.02. The van der Waals surface area contributed by atoms with E-state index in [9.17, 15) is 4.79 Å². The number of aliphatic carboxylic acids is 1. The van der Waals surface area contributed by atoms with Gasteiger partial charge in [0.15, 0.2) is 5.13 Å². The number of nitrogens with zero attached hydrogens (tertiary/aromatic N) is 2. The number of thiazole rings is 1. The second kappa shape index (κ2) is 6.56. The summed E-state index contributed by atoms with van der Waals surface area (Å²) in [5, 5.41) is 11.4. The standard InChI is InChI=1S/C11H19N3O2S/c1-3-5-14(6-4-2)11-13-8(7-17-11)9(12)10(15)16/h7,9H,3-6,12H2,1-2H3,(H,15,16). The van der Waals surface area contributed by atoms with Crippen LogP contribution in [0.2, 0.25) is 0 Å². The van der Waals surface area contributed by atoms with Crippen molar-refractivity contribution in [3.05, 3.63) is 11.1 Å². The molecule has 5 nitrogen and oxygen atoms in total. The fraction of sp³-hybridized carbons (Fsp3) is 0.636. The summed E-state index contributed by atoms with van der Waals surface area (Å²) < 4.78 is 0. The second-order valence-corrected chi connectivity index (χ2v) is 4.69. The highest BCUT2D eigenvalue weighted by atomic mass is 32.1. The zero-order valence-electron chi connectivity index (χ0n) is 10.2. The average molecular weight is 257 g/mol. The van der Waals surface area contributed by atoms with Crippen molar-refractivity contribution in [2.75, 3.05) is 18.0 Å². The van der Waals surface area contributed by atoms with E-state index in [1.54, 1.807) is 5.38 Å². The molecule has 1 atom stereocenters. The molecule has 0 aliphatic carbocycles. The summed E-state index contributed by atoms with van der Waals surface area (Å²) in [6.07, 6.45) is 2.08. The SMILES string of the molecule is CCCN(CCC)c1nc(C(N)C(=O)O)cs1.